The van der Waals surface area contributed by atoms with Gasteiger partial charge in [0, 0.05) is 23.8 Å². The third kappa shape index (κ3) is 2.91. The van der Waals surface area contributed by atoms with E-state index in [1.54, 1.807) is 0 Å². The van der Waals surface area contributed by atoms with Gasteiger partial charge in [0.15, 0.2) is 0 Å². The average molecular weight is 278 g/mol. The predicted octanol–water partition coefficient (Wildman–Crippen LogP) is 2.82. The summed E-state index contributed by atoms with van der Waals surface area (Å²) in [5, 5.41) is 8.21. The van der Waals surface area contributed by atoms with E-state index in [0.29, 0.717) is 6.04 Å². The Morgan fingerprint density at radius 3 is 2.50 bits per heavy atom. The molecule has 20 heavy (non-hydrogen) atoms. The van der Waals surface area contributed by atoms with Crippen molar-refractivity contribution in [3.05, 3.63) is 18.0 Å². The number of aromatic nitrogens is 2. The predicted molar refractivity (Wildman–Crippen MR) is 83.8 cm³/mol. The van der Waals surface area contributed by atoms with E-state index in [1.165, 1.54) is 37.7 Å². The molecule has 2 rings (SSSR count). The maximum absolute atomic E-state index is 4.48. The zero-order valence-electron chi connectivity index (χ0n) is 13.5. The minimum absolute atomic E-state index is 0.232. The summed E-state index contributed by atoms with van der Waals surface area (Å²) in [5.74, 6) is 0. The van der Waals surface area contributed by atoms with Gasteiger partial charge in [-0.2, -0.15) is 5.10 Å². The summed E-state index contributed by atoms with van der Waals surface area (Å²) < 4.78 is 2.03. The van der Waals surface area contributed by atoms with Gasteiger partial charge >= 0.3 is 0 Å². The molecule has 1 aromatic rings. The van der Waals surface area contributed by atoms with Crippen LogP contribution in [0.5, 0.6) is 0 Å². The van der Waals surface area contributed by atoms with E-state index in [0.717, 1.165) is 13.1 Å². The zero-order chi connectivity index (χ0) is 14.6. The fourth-order valence-electron chi connectivity index (χ4n) is 3.68. The van der Waals surface area contributed by atoms with Crippen molar-refractivity contribution in [2.75, 3.05) is 20.6 Å². The highest BCUT2D eigenvalue weighted by Crippen LogP contribution is 2.41. The molecule has 1 atom stereocenters. The zero-order valence-corrected chi connectivity index (χ0v) is 13.5. The summed E-state index contributed by atoms with van der Waals surface area (Å²) in [6, 6.07) is 0.378. The third-order valence-electron chi connectivity index (χ3n) is 4.87. The van der Waals surface area contributed by atoms with Crippen molar-refractivity contribution >= 4 is 0 Å². The van der Waals surface area contributed by atoms with Gasteiger partial charge < -0.3 is 10.2 Å². The summed E-state index contributed by atoms with van der Waals surface area (Å²) in [6.07, 6.45) is 10.9. The average Bonchev–Trinajstić information content (AvgIpc) is 2.94. The molecule has 0 aliphatic heterocycles. The molecule has 0 aromatic carbocycles. The summed E-state index contributed by atoms with van der Waals surface area (Å²) in [7, 11) is 4.47. The molecule has 0 radical (unpaired) electrons. The van der Waals surface area contributed by atoms with Crippen molar-refractivity contribution in [3.63, 3.8) is 0 Å². The molecule has 1 fully saturated rings. The number of nitrogens with zero attached hydrogens (tertiary/aromatic N) is 3. The molecule has 0 amide bonds. The van der Waals surface area contributed by atoms with Gasteiger partial charge in [0.1, 0.15) is 0 Å². The molecule has 1 aromatic heterocycles. The summed E-state index contributed by atoms with van der Waals surface area (Å²) >= 11 is 0. The molecular weight excluding hydrogens is 248 g/mol. The van der Waals surface area contributed by atoms with Gasteiger partial charge in [-0.25, -0.2) is 0 Å². The van der Waals surface area contributed by atoms with Crippen LogP contribution in [0.25, 0.3) is 0 Å². The lowest BCUT2D eigenvalue weighted by molar-refractivity contribution is 0.0570. The Bertz CT molecular complexity index is 404. The van der Waals surface area contributed by atoms with Crippen molar-refractivity contribution in [2.24, 2.45) is 0 Å². The van der Waals surface area contributed by atoms with Crippen molar-refractivity contribution in [1.29, 1.82) is 0 Å². The molecule has 4 heteroatoms. The van der Waals surface area contributed by atoms with Crippen molar-refractivity contribution in [2.45, 2.75) is 64.1 Å². The van der Waals surface area contributed by atoms with Crippen LogP contribution in [0.3, 0.4) is 0 Å². The molecular formula is C16H30N4. The summed E-state index contributed by atoms with van der Waals surface area (Å²) in [6.45, 7) is 6.27. The van der Waals surface area contributed by atoms with Crippen LogP contribution >= 0.6 is 0 Å². The van der Waals surface area contributed by atoms with Gasteiger partial charge in [0.2, 0.25) is 0 Å². The van der Waals surface area contributed by atoms with Crippen LogP contribution in [0.1, 0.15) is 57.6 Å². The number of aryl methyl sites for hydroxylation is 1. The molecule has 4 nitrogen and oxygen atoms in total. The molecule has 0 spiro atoms. The van der Waals surface area contributed by atoms with Crippen LogP contribution in [0.4, 0.5) is 0 Å². The van der Waals surface area contributed by atoms with Gasteiger partial charge in [-0.05, 0) is 40.4 Å². The molecule has 114 valence electrons. The quantitative estimate of drug-likeness (QED) is 0.868. The second-order valence-corrected chi connectivity index (χ2v) is 6.18. The molecule has 0 saturated heterocycles. The summed E-state index contributed by atoms with van der Waals surface area (Å²) in [4.78, 5) is 2.45. The SMILES string of the molecule is CCNC(c1cnn(CC)c1)C1(N(C)C)CCCCC1. The van der Waals surface area contributed by atoms with E-state index < -0.39 is 0 Å². The first-order valence-electron chi connectivity index (χ1n) is 8.07. The summed E-state index contributed by atoms with van der Waals surface area (Å²) in [5.41, 5.74) is 1.57. The standard InChI is InChI=1S/C16H30N4/c1-5-17-15(14-12-18-20(6-2)13-14)16(19(3)4)10-8-7-9-11-16/h12-13,15,17H,5-11H2,1-4H3. The first-order chi connectivity index (χ1) is 9.64. The molecule has 1 heterocycles. The Morgan fingerprint density at radius 1 is 1.30 bits per heavy atom. The van der Waals surface area contributed by atoms with Crippen LogP contribution in [0, 0.1) is 0 Å². The van der Waals surface area contributed by atoms with Gasteiger partial charge in [-0.1, -0.05) is 26.2 Å². The number of hydrogen-bond acceptors (Lipinski definition) is 3. The van der Waals surface area contributed by atoms with Crippen LogP contribution < -0.4 is 5.32 Å². The smallest absolute Gasteiger partial charge is 0.0538 e. The number of rotatable bonds is 6. The lowest BCUT2D eigenvalue weighted by Crippen LogP contribution is -2.54. The second-order valence-electron chi connectivity index (χ2n) is 6.18. The molecule has 1 N–H and O–H groups in total. The van der Waals surface area contributed by atoms with Gasteiger partial charge in [0.25, 0.3) is 0 Å². The Hall–Kier alpha value is -0.870. The third-order valence-corrected chi connectivity index (χ3v) is 4.87. The number of likely N-dealkylation sites (N-methyl/N-ethyl adjacent to an activating group) is 2. The number of hydrogen-bond donors (Lipinski definition) is 1. The fraction of sp³-hybridized carbons (Fsp3) is 0.812. The highest BCUT2D eigenvalue weighted by atomic mass is 15.3. The second kappa shape index (κ2) is 6.72. The molecule has 0 bridgehead atoms. The molecule has 1 unspecified atom stereocenters. The molecule has 1 aliphatic rings. The largest absolute Gasteiger partial charge is 0.309 e. The Morgan fingerprint density at radius 2 is 2.00 bits per heavy atom. The fourth-order valence-corrected chi connectivity index (χ4v) is 3.68. The first-order valence-corrected chi connectivity index (χ1v) is 8.07. The van der Waals surface area contributed by atoms with Gasteiger partial charge in [-0.3, -0.25) is 4.68 Å². The van der Waals surface area contributed by atoms with E-state index in [2.05, 4.69) is 55.7 Å². The van der Waals surface area contributed by atoms with Crippen LogP contribution in [0.2, 0.25) is 0 Å². The van der Waals surface area contributed by atoms with E-state index in [4.69, 9.17) is 0 Å². The monoisotopic (exact) mass is 278 g/mol. The lowest BCUT2D eigenvalue weighted by atomic mass is 9.73. The van der Waals surface area contributed by atoms with E-state index in [-0.39, 0.29) is 5.54 Å². The van der Waals surface area contributed by atoms with Crippen molar-refractivity contribution in [3.8, 4) is 0 Å². The highest BCUT2D eigenvalue weighted by molar-refractivity contribution is 5.19. The van der Waals surface area contributed by atoms with Crippen LogP contribution in [0.15, 0.2) is 12.4 Å². The van der Waals surface area contributed by atoms with Gasteiger partial charge in [0.05, 0.1) is 12.2 Å². The Labute approximate surface area is 123 Å². The molecule has 1 saturated carbocycles. The Kier molecular flexibility index (Phi) is 5.22. The maximum Gasteiger partial charge on any atom is 0.0538 e. The van der Waals surface area contributed by atoms with E-state index >= 15 is 0 Å². The number of nitrogens with one attached hydrogen (secondary N) is 1. The van der Waals surface area contributed by atoms with E-state index in [1.807, 2.05) is 4.68 Å². The molecule has 1 aliphatic carbocycles. The first kappa shape index (κ1) is 15.5. The van der Waals surface area contributed by atoms with E-state index in [9.17, 15) is 0 Å². The minimum Gasteiger partial charge on any atom is -0.309 e. The lowest BCUT2D eigenvalue weighted by Gasteiger charge is -2.48. The van der Waals surface area contributed by atoms with Crippen LogP contribution in [-0.2, 0) is 6.54 Å². The Balaban J connectivity index is 2.33. The van der Waals surface area contributed by atoms with Crippen LogP contribution in [-0.4, -0.2) is 40.9 Å². The maximum atomic E-state index is 4.48. The van der Waals surface area contributed by atoms with Crippen molar-refractivity contribution in [1.82, 2.24) is 20.0 Å². The normalized spacial score (nSPS) is 20.2. The topological polar surface area (TPSA) is 33.1 Å². The minimum atomic E-state index is 0.232. The van der Waals surface area contributed by atoms with Gasteiger partial charge in [-0.15, -0.1) is 0 Å². The van der Waals surface area contributed by atoms with Crippen molar-refractivity contribution < 1.29 is 0 Å². The highest BCUT2D eigenvalue weighted by Gasteiger charge is 2.42.